The minimum Gasteiger partial charge on any atom is -0.359 e. The molecule has 0 atom stereocenters. The predicted octanol–water partition coefficient (Wildman–Crippen LogP) is 3.93. The standard InChI is InChI=1S/C22H29N3/c1-15-10-11-21-18(4)23-19(5)22(21)20(13-15)9-7-6-8-12-25-17(3)14-16(2)24-25/h9-11,14,23H,4,6-8,12-13H2,1-3,5H3/b20-9+. The molecule has 2 heterocycles. The van der Waals surface area contributed by atoms with Crippen LogP contribution in [0, 0.1) is 20.8 Å². The van der Waals surface area contributed by atoms with E-state index in [-0.39, 0.29) is 0 Å². The number of rotatable bonds is 5. The summed E-state index contributed by atoms with van der Waals surface area (Å²) < 4.78 is 2.12. The Morgan fingerprint density at radius 1 is 1.20 bits per heavy atom. The van der Waals surface area contributed by atoms with Crippen LogP contribution < -0.4 is 10.6 Å². The summed E-state index contributed by atoms with van der Waals surface area (Å²) in [5, 5.41) is 6.82. The van der Waals surface area contributed by atoms with Gasteiger partial charge in [0.25, 0.3) is 0 Å². The smallest absolute Gasteiger partial charge is 0.0596 e. The molecule has 3 nitrogen and oxygen atoms in total. The lowest BCUT2D eigenvalue weighted by Gasteiger charge is -2.08. The molecule has 3 rings (SSSR count). The Morgan fingerprint density at radius 2 is 2.00 bits per heavy atom. The third-order valence-electron chi connectivity index (χ3n) is 4.95. The van der Waals surface area contributed by atoms with Crippen LogP contribution in [0.3, 0.4) is 0 Å². The zero-order valence-electron chi connectivity index (χ0n) is 15.9. The fourth-order valence-electron chi connectivity index (χ4n) is 3.74. The third kappa shape index (κ3) is 3.87. The number of fused-ring (bicyclic) bond motifs is 1. The van der Waals surface area contributed by atoms with Gasteiger partial charge in [0.1, 0.15) is 0 Å². The third-order valence-corrected chi connectivity index (χ3v) is 4.95. The SMILES string of the molecule is C=c1[nH]c(C)c2c1=CC=C(C)C/C2=C\CCCCn1nc(C)cc1C. The van der Waals surface area contributed by atoms with Crippen LogP contribution in [0.25, 0.3) is 18.2 Å². The van der Waals surface area contributed by atoms with Gasteiger partial charge in [-0.25, -0.2) is 0 Å². The zero-order chi connectivity index (χ0) is 18.0. The van der Waals surface area contributed by atoms with E-state index in [0.29, 0.717) is 0 Å². The molecular formula is C22H29N3. The van der Waals surface area contributed by atoms with Gasteiger partial charge in [-0.3, -0.25) is 4.68 Å². The summed E-state index contributed by atoms with van der Waals surface area (Å²) in [4.78, 5) is 3.40. The summed E-state index contributed by atoms with van der Waals surface area (Å²) >= 11 is 0. The molecule has 1 aliphatic carbocycles. The van der Waals surface area contributed by atoms with Crippen LogP contribution in [-0.4, -0.2) is 14.8 Å². The van der Waals surface area contributed by atoms with Crippen LogP contribution >= 0.6 is 0 Å². The molecule has 1 N–H and O–H groups in total. The van der Waals surface area contributed by atoms with Crippen molar-refractivity contribution in [2.75, 3.05) is 0 Å². The maximum atomic E-state index is 4.54. The fraction of sp³-hybridized carbons (Fsp3) is 0.409. The Balaban J connectivity index is 1.68. The normalized spacial score (nSPS) is 15.7. The molecule has 0 saturated heterocycles. The number of hydrogen-bond acceptors (Lipinski definition) is 1. The van der Waals surface area contributed by atoms with Crippen LogP contribution in [0.4, 0.5) is 0 Å². The van der Waals surface area contributed by atoms with Crippen LogP contribution in [0.15, 0.2) is 23.8 Å². The number of allylic oxidation sites excluding steroid dienone is 4. The highest BCUT2D eigenvalue weighted by molar-refractivity contribution is 5.73. The van der Waals surface area contributed by atoms with Crippen molar-refractivity contribution in [3.63, 3.8) is 0 Å². The molecule has 0 saturated carbocycles. The molecule has 3 heteroatoms. The van der Waals surface area contributed by atoms with Crippen LogP contribution in [0.5, 0.6) is 0 Å². The Morgan fingerprint density at radius 3 is 2.72 bits per heavy atom. The van der Waals surface area contributed by atoms with Crippen LogP contribution in [-0.2, 0) is 6.54 Å². The zero-order valence-corrected chi connectivity index (χ0v) is 15.9. The highest BCUT2D eigenvalue weighted by Gasteiger charge is 2.12. The van der Waals surface area contributed by atoms with Gasteiger partial charge in [0.15, 0.2) is 0 Å². The molecule has 1 aliphatic rings. The summed E-state index contributed by atoms with van der Waals surface area (Å²) in [6.45, 7) is 13.7. The van der Waals surface area contributed by atoms with Crippen molar-refractivity contribution in [1.82, 2.24) is 14.8 Å². The lowest BCUT2D eigenvalue weighted by atomic mass is 9.98. The molecule has 0 aliphatic heterocycles. The van der Waals surface area contributed by atoms with Crippen molar-refractivity contribution in [3.8, 4) is 0 Å². The maximum Gasteiger partial charge on any atom is 0.0596 e. The molecule has 0 aromatic carbocycles. The molecule has 0 spiro atoms. The number of aromatic nitrogens is 3. The van der Waals surface area contributed by atoms with E-state index in [4.69, 9.17) is 0 Å². The largest absolute Gasteiger partial charge is 0.359 e. The summed E-state index contributed by atoms with van der Waals surface area (Å²) in [7, 11) is 0. The van der Waals surface area contributed by atoms with E-state index in [1.807, 2.05) is 0 Å². The molecule has 2 aromatic rings. The summed E-state index contributed by atoms with van der Waals surface area (Å²) in [6, 6.07) is 2.14. The topological polar surface area (TPSA) is 33.6 Å². The Hall–Kier alpha value is -2.29. The second kappa shape index (κ2) is 7.30. The number of hydrogen-bond donors (Lipinski definition) is 1. The lowest BCUT2D eigenvalue weighted by molar-refractivity contribution is 0.546. The lowest BCUT2D eigenvalue weighted by Crippen LogP contribution is -2.22. The minimum absolute atomic E-state index is 1.01. The van der Waals surface area contributed by atoms with Crippen molar-refractivity contribution in [2.45, 2.75) is 59.9 Å². The number of aryl methyl sites for hydroxylation is 4. The molecule has 0 radical (unpaired) electrons. The van der Waals surface area contributed by atoms with Crippen molar-refractivity contribution < 1.29 is 0 Å². The van der Waals surface area contributed by atoms with Crippen molar-refractivity contribution in [1.29, 1.82) is 0 Å². The number of unbranched alkanes of at least 4 members (excludes halogenated alkanes) is 2. The van der Waals surface area contributed by atoms with Gasteiger partial charge in [0, 0.05) is 34.1 Å². The minimum atomic E-state index is 1.01. The quantitative estimate of drug-likeness (QED) is 0.825. The second-order valence-corrected chi connectivity index (χ2v) is 7.25. The molecule has 132 valence electrons. The Labute approximate surface area is 150 Å². The van der Waals surface area contributed by atoms with E-state index >= 15 is 0 Å². The van der Waals surface area contributed by atoms with E-state index in [2.05, 4.69) is 73.3 Å². The van der Waals surface area contributed by atoms with Crippen LogP contribution in [0.2, 0.25) is 0 Å². The first-order chi connectivity index (χ1) is 12.0. The van der Waals surface area contributed by atoms with E-state index in [1.54, 1.807) is 0 Å². The summed E-state index contributed by atoms with van der Waals surface area (Å²) in [5.41, 5.74) is 7.79. The number of nitrogens with zero attached hydrogens (tertiary/aromatic N) is 2. The van der Waals surface area contributed by atoms with Crippen molar-refractivity contribution >= 4 is 18.2 Å². The van der Waals surface area contributed by atoms with Crippen molar-refractivity contribution in [3.05, 3.63) is 57.0 Å². The summed E-state index contributed by atoms with van der Waals surface area (Å²) in [6.07, 6.45) is 11.3. The molecule has 0 amide bonds. The van der Waals surface area contributed by atoms with Gasteiger partial charge in [-0.05, 0) is 65.0 Å². The van der Waals surface area contributed by atoms with Gasteiger partial charge in [-0.1, -0.05) is 30.4 Å². The van der Waals surface area contributed by atoms with Crippen molar-refractivity contribution in [2.24, 2.45) is 0 Å². The van der Waals surface area contributed by atoms with Gasteiger partial charge in [0.05, 0.1) is 5.69 Å². The first kappa shape index (κ1) is 17.5. The molecule has 0 unspecified atom stereocenters. The van der Waals surface area contributed by atoms with Gasteiger partial charge in [0.2, 0.25) is 0 Å². The molecule has 2 aromatic heterocycles. The summed E-state index contributed by atoms with van der Waals surface area (Å²) in [5.74, 6) is 0. The molecular weight excluding hydrogens is 306 g/mol. The monoisotopic (exact) mass is 335 g/mol. The predicted molar refractivity (Wildman–Crippen MR) is 107 cm³/mol. The number of aromatic amines is 1. The van der Waals surface area contributed by atoms with E-state index in [0.717, 1.165) is 36.9 Å². The van der Waals surface area contributed by atoms with Gasteiger partial charge >= 0.3 is 0 Å². The molecule has 0 bridgehead atoms. The van der Waals surface area contributed by atoms with Gasteiger partial charge in [-0.2, -0.15) is 5.10 Å². The van der Waals surface area contributed by atoms with Gasteiger partial charge in [-0.15, -0.1) is 0 Å². The first-order valence-electron chi connectivity index (χ1n) is 9.21. The highest BCUT2D eigenvalue weighted by atomic mass is 15.3. The number of H-pyrrole nitrogens is 1. The molecule has 25 heavy (non-hydrogen) atoms. The van der Waals surface area contributed by atoms with E-state index < -0.39 is 0 Å². The average Bonchev–Trinajstić information content (AvgIpc) is 2.94. The van der Waals surface area contributed by atoms with E-state index in [9.17, 15) is 0 Å². The van der Waals surface area contributed by atoms with Crippen LogP contribution in [0.1, 0.15) is 55.3 Å². The van der Waals surface area contributed by atoms with Gasteiger partial charge < -0.3 is 4.98 Å². The Bertz CT molecular complexity index is 935. The Kier molecular flexibility index (Phi) is 5.12. The maximum absolute atomic E-state index is 4.54. The molecule has 0 fully saturated rings. The first-order valence-corrected chi connectivity index (χ1v) is 9.21. The van der Waals surface area contributed by atoms with E-state index in [1.165, 1.54) is 39.7 Å². The second-order valence-electron chi connectivity index (χ2n) is 7.25. The number of nitrogens with one attached hydrogen (secondary N) is 1. The average molecular weight is 335 g/mol. The fourth-order valence-corrected chi connectivity index (χ4v) is 3.74. The highest BCUT2D eigenvalue weighted by Crippen LogP contribution is 2.24.